The predicted molar refractivity (Wildman–Crippen MR) is 117 cm³/mol. The van der Waals surface area contributed by atoms with Gasteiger partial charge in [-0.25, -0.2) is 8.42 Å². The predicted octanol–water partition coefficient (Wildman–Crippen LogP) is 3.04. The van der Waals surface area contributed by atoms with Gasteiger partial charge in [0.05, 0.1) is 6.26 Å². The van der Waals surface area contributed by atoms with Crippen molar-refractivity contribution in [3.05, 3.63) is 54.1 Å². The molecule has 0 amide bonds. The van der Waals surface area contributed by atoms with Crippen LogP contribution in [0.3, 0.4) is 0 Å². The molecule has 0 saturated carbocycles. The van der Waals surface area contributed by atoms with Crippen molar-refractivity contribution in [2.24, 2.45) is 0 Å². The van der Waals surface area contributed by atoms with Crippen LogP contribution in [0, 0.1) is 0 Å². The average Bonchev–Trinajstić information content (AvgIpc) is 2.55. The zero-order valence-electron chi connectivity index (χ0n) is 15.4. The van der Waals surface area contributed by atoms with E-state index in [2.05, 4.69) is 9.62 Å². The number of hydrogen-bond acceptors (Lipinski definition) is 5. The molecule has 27 heavy (non-hydrogen) atoms. The molecule has 0 atom stereocenters. The van der Waals surface area contributed by atoms with Gasteiger partial charge in [0.2, 0.25) is 10.0 Å². The third kappa shape index (κ3) is 10.3. The Balaban J connectivity index is 0.00000338. The highest BCUT2D eigenvalue weighted by molar-refractivity contribution is 7.92. The Kier molecular flexibility index (Phi) is 11.2. The van der Waals surface area contributed by atoms with Crippen LogP contribution in [0.25, 0.3) is 0 Å². The fourth-order valence-electron chi connectivity index (χ4n) is 2.27. The van der Waals surface area contributed by atoms with Gasteiger partial charge in [-0.3, -0.25) is 4.72 Å². The SMILES string of the molecule is CN(CCOc1ccc(N)cc1)CCc1ccc(NS(C)(=O)=O)cc1.Cl.Cl. The van der Waals surface area contributed by atoms with Gasteiger partial charge in [-0.05, 0) is 55.4 Å². The van der Waals surface area contributed by atoms with Crippen LogP contribution in [0.4, 0.5) is 11.4 Å². The zero-order valence-corrected chi connectivity index (χ0v) is 17.9. The van der Waals surface area contributed by atoms with Gasteiger partial charge in [-0.1, -0.05) is 12.1 Å². The second kappa shape index (κ2) is 11.9. The summed E-state index contributed by atoms with van der Waals surface area (Å²) in [6, 6.07) is 14.8. The van der Waals surface area contributed by atoms with E-state index >= 15 is 0 Å². The van der Waals surface area contributed by atoms with Gasteiger partial charge in [0.15, 0.2) is 0 Å². The molecule has 0 aliphatic carbocycles. The molecule has 152 valence electrons. The van der Waals surface area contributed by atoms with Crippen LogP contribution in [0.1, 0.15) is 5.56 Å². The van der Waals surface area contributed by atoms with Gasteiger partial charge in [-0.15, -0.1) is 24.8 Å². The van der Waals surface area contributed by atoms with Crippen molar-refractivity contribution in [1.29, 1.82) is 0 Å². The van der Waals surface area contributed by atoms with E-state index in [0.29, 0.717) is 12.3 Å². The molecular weight excluding hydrogens is 409 g/mol. The number of likely N-dealkylation sites (N-methyl/N-ethyl adjacent to an activating group) is 1. The first-order chi connectivity index (χ1) is 11.8. The van der Waals surface area contributed by atoms with Crippen molar-refractivity contribution < 1.29 is 13.2 Å². The first-order valence-corrected chi connectivity index (χ1v) is 9.94. The Labute approximate surface area is 174 Å². The molecule has 0 aliphatic rings. The summed E-state index contributed by atoms with van der Waals surface area (Å²) < 4.78 is 30.5. The van der Waals surface area contributed by atoms with Gasteiger partial charge >= 0.3 is 0 Å². The lowest BCUT2D eigenvalue weighted by Gasteiger charge is -2.17. The number of hydrogen-bond donors (Lipinski definition) is 2. The van der Waals surface area contributed by atoms with E-state index < -0.39 is 10.0 Å². The molecule has 0 saturated heterocycles. The zero-order chi connectivity index (χ0) is 18.3. The third-order valence-electron chi connectivity index (χ3n) is 3.66. The largest absolute Gasteiger partial charge is 0.492 e. The Hall–Kier alpha value is -1.67. The van der Waals surface area contributed by atoms with Crippen LogP contribution in [0.2, 0.25) is 0 Å². The van der Waals surface area contributed by atoms with E-state index in [1.807, 2.05) is 43.4 Å². The van der Waals surface area contributed by atoms with Crippen molar-refractivity contribution in [3.8, 4) is 5.75 Å². The maximum absolute atomic E-state index is 11.2. The number of anilines is 2. The van der Waals surface area contributed by atoms with Gasteiger partial charge in [0.1, 0.15) is 12.4 Å². The van der Waals surface area contributed by atoms with E-state index in [1.54, 1.807) is 12.1 Å². The minimum absolute atomic E-state index is 0. The fraction of sp³-hybridized carbons (Fsp3) is 0.333. The summed E-state index contributed by atoms with van der Waals surface area (Å²) in [5.74, 6) is 0.816. The Morgan fingerprint density at radius 3 is 2.15 bits per heavy atom. The summed E-state index contributed by atoms with van der Waals surface area (Å²) >= 11 is 0. The maximum atomic E-state index is 11.2. The van der Waals surface area contributed by atoms with E-state index in [9.17, 15) is 8.42 Å². The Morgan fingerprint density at radius 2 is 1.59 bits per heavy atom. The summed E-state index contributed by atoms with van der Waals surface area (Å²) in [4.78, 5) is 2.19. The maximum Gasteiger partial charge on any atom is 0.229 e. The quantitative estimate of drug-likeness (QED) is 0.591. The van der Waals surface area contributed by atoms with Crippen molar-refractivity contribution in [2.45, 2.75) is 6.42 Å². The average molecular weight is 436 g/mol. The second-order valence-corrected chi connectivity index (χ2v) is 7.79. The van der Waals surface area contributed by atoms with Crippen LogP contribution in [0.15, 0.2) is 48.5 Å². The lowest BCUT2D eigenvalue weighted by Crippen LogP contribution is -2.26. The van der Waals surface area contributed by atoms with E-state index in [1.165, 1.54) is 0 Å². The molecule has 9 heteroatoms. The van der Waals surface area contributed by atoms with Crippen LogP contribution in [-0.2, 0) is 16.4 Å². The number of sulfonamides is 1. The number of nitrogens with zero attached hydrogens (tertiary/aromatic N) is 1. The summed E-state index contributed by atoms with van der Waals surface area (Å²) in [6.45, 7) is 2.32. The van der Waals surface area contributed by atoms with Crippen molar-refractivity contribution in [3.63, 3.8) is 0 Å². The molecular formula is C18H27Cl2N3O3S. The molecule has 6 nitrogen and oxygen atoms in total. The summed E-state index contributed by atoms with van der Waals surface area (Å²) in [5.41, 5.74) is 8.10. The summed E-state index contributed by atoms with van der Waals surface area (Å²) in [7, 11) is -1.18. The molecule has 0 fully saturated rings. The fourth-order valence-corrected chi connectivity index (χ4v) is 2.83. The highest BCUT2D eigenvalue weighted by atomic mass is 35.5. The normalized spacial score (nSPS) is 10.6. The molecule has 0 radical (unpaired) electrons. The van der Waals surface area contributed by atoms with Crippen LogP contribution >= 0.6 is 24.8 Å². The number of nitrogen functional groups attached to an aromatic ring is 1. The molecule has 2 rings (SSSR count). The molecule has 0 heterocycles. The smallest absolute Gasteiger partial charge is 0.229 e. The lowest BCUT2D eigenvalue weighted by molar-refractivity contribution is 0.239. The van der Waals surface area contributed by atoms with Gasteiger partial charge in [0.25, 0.3) is 0 Å². The molecule has 2 aromatic carbocycles. The first kappa shape index (κ1) is 25.3. The molecule has 0 aromatic heterocycles. The monoisotopic (exact) mass is 435 g/mol. The summed E-state index contributed by atoms with van der Waals surface area (Å²) in [5, 5.41) is 0. The molecule has 2 aromatic rings. The van der Waals surface area contributed by atoms with Crippen LogP contribution < -0.4 is 15.2 Å². The van der Waals surface area contributed by atoms with Gasteiger partial charge in [-0.2, -0.15) is 0 Å². The first-order valence-electron chi connectivity index (χ1n) is 8.05. The summed E-state index contributed by atoms with van der Waals surface area (Å²) in [6.07, 6.45) is 2.03. The van der Waals surface area contributed by atoms with E-state index in [0.717, 1.165) is 42.8 Å². The van der Waals surface area contributed by atoms with Crippen molar-refractivity contribution in [1.82, 2.24) is 4.90 Å². The van der Waals surface area contributed by atoms with Crippen LogP contribution in [-0.4, -0.2) is 46.3 Å². The molecule has 0 spiro atoms. The highest BCUT2D eigenvalue weighted by Gasteiger charge is 2.03. The molecule has 3 N–H and O–H groups in total. The van der Waals surface area contributed by atoms with Gasteiger partial charge in [0, 0.05) is 24.5 Å². The number of nitrogens with one attached hydrogen (secondary N) is 1. The van der Waals surface area contributed by atoms with E-state index in [4.69, 9.17) is 10.5 Å². The van der Waals surface area contributed by atoms with Crippen molar-refractivity contribution in [2.75, 3.05) is 43.5 Å². The minimum atomic E-state index is -3.23. The number of halogens is 2. The molecule has 0 bridgehead atoms. The Bertz CT molecular complexity index is 769. The van der Waals surface area contributed by atoms with Crippen molar-refractivity contribution >= 4 is 46.2 Å². The van der Waals surface area contributed by atoms with E-state index in [-0.39, 0.29) is 24.8 Å². The topological polar surface area (TPSA) is 84.7 Å². The molecule has 0 unspecified atom stereocenters. The number of nitrogens with two attached hydrogens (primary N) is 1. The standard InChI is InChI=1S/C18H25N3O3S.2ClH/c1-21(13-14-24-18-9-5-16(19)6-10-18)12-11-15-3-7-17(8-4-15)20-25(2,22)23;;/h3-10,20H,11-14,19H2,1-2H3;2*1H. The van der Waals surface area contributed by atoms with Crippen LogP contribution in [0.5, 0.6) is 5.75 Å². The van der Waals surface area contributed by atoms with Gasteiger partial charge < -0.3 is 15.4 Å². The number of ether oxygens (including phenoxy) is 1. The Morgan fingerprint density at radius 1 is 1.00 bits per heavy atom. The highest BCUT2D eigenvalue weighted by Crippen LogP contribution is 2.13. The number of rotatable bonds is 9. The minimum Gasteiger partial charge on any atom is -0.492 e. The second-order valence-electron chi connectivity index (χ2n) is 6.04. The third-order valence-corrected chi connectivity index (χ3v) is 4.27. The lowest BCUT2D eigenvalue weighted by atomic mass is 10.1. The number of benzene rings is 2. The molecule has 0 aliphatic heterocycles.